The van der Waals surface area contributed by atoms with Crippen LogP contribution in [0.15, 0.2) is 28.8 Å². The first kappa shape index (κ1) is 21.1. The Balaban J connectivity index is 0.00000261. The summed E-state index contributed by atoms with van der Waals surface area (Å²) in [6.45, 7) is 1.01. The van der Waals surface area contributed by atoms with Crippen LogP contribution in [0.5, 0.6) is 0 Å². The van der Waals surface area contributed by atoms with Gasteiger partial charge in [-0.3, -0.25) is 9.63 Å². The molecule has 1 aromatic carbocycles. The molecule has 1 amide bonds. The van der Waals surface area contributed by atoms with Crippen molar-refractivity contribution in [3.63, 3.8) is 0 Å². The summed E-state index contributed by atoms with van der Waals surface area (Å²) in [5, 5.41) is 7.71. The quantitative estimate of drug-likeness (QED) is 0.769. The molecular weight excluding hydrogens is 389 g/mol. The van der Waals surface area contributed by atoms with Crippen LogP contribution >= 0.6 is 12.4 Å². The zero-order chi connectivity index (χ0) is 18.7. The minimum absolute atomic E-state index is 0. The minimum Gasteiger partial charge on any atom is -0.329 e. The van der Waals surface area contributed by atoms with E-state index in [-0.39, 0.29) is 36.7 Å². The van der Waals surface area contributed by atoms with Gasteiger partial charge in [0.15, 0.2) is 0 Å². The van der Waals surface area contributed by atoms with Crippen LogP contribution in [0.4, 0.5) is 13.2 Å². The van der Waals surface area contributed by atoms with Crippen molar-refractivity contribution in [2.45, 2.75) is 31.6 Å². The third-order valence-corrected chi connectivity index (χ3v) is 4.03. The maximum atomic E-state index is 12.5. The molecule has 1 saturated heterocycles. The summed E-state index contributed by atoms with van der Waals surface area (Å²) in [7, 11) is 1.42. The highest BCUT2D eigenvalue weighted by atomic mass is 35.5. The molecule has 1 unspecified atom stereocenters. The van der Waals surface area contributed by atoms with Crippen molar-refractivity contribution in [2.75, 3.05) is 13.7 Å². The van der Waals surface area contributed by atoms with Gasteiger partial charge >= 0.3 is 12.1 Å². The topological polar surface area (TPSA) is 80.5 Å². The number of hydrogen-bond acceptors (Lipinski definition) is 6. The van der Waals surface area contributed by atoms with Crippen molar-refractivity contribution in [3.8, 4) is 11.4 Å². The smallest absolute Gasteiger partial charge is 0.329 e. The molecule has 0 spiro atoms. The summed E-state index contributed by atoms with van der Waals surface area (Å²) in [5.74, 6) is -1.70. The van der Waals surface area contributed by atoms with E-state index in [0.717, 1.165) is 24.9 Å². The Morgan fingerprint density at radius 1 is 1.37 bits per heavy atom. The SMILES string of the molecule is CON(Cc1ccc(-c2noc(C(F)(F)F)n2)cc1)C(=O)C1CCCN1.Cl. The molecule has 1 N–H and O–H groups in total. The van der Waals surface area contributed by atoms with Gasteiger partial charge in [-0.25, -0.2) is 5.06 Å². The molecular formula is C16H18ClF3N4O3. The maximum absolute atomic E-state index is 12.5. The number of amides is 1. The average Bonchev–Trinajstić information content (AvgIpc) is 3.30. The molecule has 0 aliphatic carbocycles. The fraction of sp³-hybridized carbons (Fsp3) is 0.438. The van der Waals surface area contributed by atoms with Gasteiger partial charge in [-0.2, -0.15) is 18.2 Å². The van der Waals surface area contributed by atoms with Crippen molar-refractivity contribution in [1.82, 2.24) is 20.5 Å². The van der Waals surface area contributed by atoms with E-state index in [1.165, 1.54) is 12.2 Å². The van der Waals surface area contributed by atoms with Crippen molar-refractivity contribution < 1.29 is 27.3 Å². The van der Waals surface area contributed by atoms with Gasteiger partial charge in [-0.15, -0.1) is 12.4 Å². The molecule has 3 rings (SSSR count). The van der Waals surface area contributed by atoms with Crippen LogP contribution in [0.2, 0.25) is 0 Å². The molecule has 2 heterocycles. The molecule has 1 atom stereocenters. The fourth-order valence-corrected chi connectivity index (χ4v) is 2.68. The average molecular weight is 407 g/mol. The van der Waals surface area contributed by atoms with E-state index < -0.39 is 12.1 Å². The van der Waals surface area contributed by atoms with Crippen LogP contribution < -0.4 is 5.32 Å². The first-order valence-corrected chi connectivity index (χ1v) is 7.97. The Bertz CT molecular complexity index is 761. The first-order valence-electron chi connectivity index (χ1n) is 7.97. The number of rotatable bonds is 5. The molecule has 1 fully saturated rings. The van der Waals surface area contributed by atoms with Crippen LogP contribution in [0.25, 0.3) is 11.4 Å². The van der Waals surface area contributed by atoms with Crippen molar-refractivity contribution in [3.05, 3.63) is 35.7 Å². The zero-order valence-electron chi connectivity index (χ0n) is 14.3. The van der Waals surface area contributed by atoms with Gasteiger partial charge in [0, 0.05) is 5.56 Å². The summed E-state index contributed by atoms with van der Waals surface area (Å²) in [6.07, 6.45) is -2.98. The van der Waals surface area contributed by atoms with E-state index >= 15 is 0 Å². The predicted octanol–water partition coefficient (Wildman–Crippen LogP) is 2.82. The molecule has 0 radical (unpaired) electrons. The number of nitrogens with one attached hydrogen (secondary N) is 1. The summed E-state index contributed by atoms with van der Waals surface area (Å²) in [4.78, 5) is 20.9. The van der Waals surface area contributed by atoms with E-state index in [9.17, 15) is 18.0 Å². The Morgan fingerprint density at radius 2 is 2.07 bits per heavy atom. The van der Waals surface area contributed by atoms with Crippen LogP contribution in [-0.4, -0.2) is 40.8 Å². The number of nitrogens with zero attached hydrogens (tertiary/aromatic N) is 3. The fourth-order valence-electron chi connectivity index (χ4n) is 2.68. The van der Waals surface area contributed by atoms with E-state index in [1.54, 1.807) is 24.3 Å². The molecule has 11 heteroatoms. The number of halogens is 4. The highest BCUT2D eigenvalue weighted by molar-refractivity contribution is 5.85. The van der Waals surface area contributed by atoms with Gasteiger partial charge < -0.3 is 9.84 Å². The van der Waals surface area contributed by atoms with Gasteiger partial charge in [0.1, 0.15) is 0 Å². The van der Waals surface area contributed by atoms with Gasteiger partial charge in [-0.05, 0) is 24.9 Å². The maximum Gasteiger partial charge on any atom is 0.471 e. The predicted molar refractivity (Wildman–Crippen MR) is 90.6 cm³/mol. The van der Waals surface area contributed by atoms with Crippen molar-refractivity contribution >= 4 is 18.3 Å². The summed E-state index contributed by atoms with van der Waals surface area (Å²) < 4.78 is 41.8. The Labute approximate surface area is 159 Å². The largest absolute Gasteiger partial charge is 0.471 e. The van der Waals surface area contributed by atoms with Crippen LogP contribution in [0.3, 0.4) is 0 Å². The molecule has 148 valence electrons. The third-order valence-electron chi connectivity index (χ3n) is 4.03. The van der Waals surface area contributed by atoms with Gasteiger partial charge in [0.25, 0.3) is 5.91 Å². The van der Waals surface area contributed by atoms with E-state index in [4.69, 9.17) is 4.84 Å². The van der Waals surface area contributed by atoms with E-state index in [0.29, 0.717) is 5.56 Å². The van der Waals surface area contributed by atoms with Gasteiger partial charge in [0.05, 0.1) is 19.7 Å². The molecule has 0 bridgehead atoms. The molecule has 27 heavy (non-hydrogen) atoms. The monoisotopic (exact) mass is 406 g/mol. The summed E-state index contributed by atoms with van der Waals surface area (Å²) >= 11 is 0. The molecule has 1 aliphatic heterocycles. The van der Waals surface area contributed by atoms with Crippen LogP contribution in [-0.2, 0) is 22.4 Å². The van der Waals surface area contributed by atoms with Crippen LogP contribution in [0, 0.1) is 0 Å². The van der Waals surface area contributed by atoms with E-state index in [2.05, 4.69) is 20.0 Å². The minimum atomic E-state index is -4.68. The third kappa shape index (κ3) is 4.96. The lowest BCUT2D eigenvalue weighted by molar-refractivity contribution is -0.181. The summed E-state index contributed by atoms with van der Waals surface area (Å²) in [5.41, 5.74) is 1.13. The number of alkyl halides is 3. The standard InChI is InChI=1S/C16H17F3N4O3.ClH/c1-25-23(14(24)12-3-2-8-20-12)9-10-4-6-11(7-5-10)13-21-15(26-22-13)16(17,18)19;/h4-7,12,20H,2-3,8-9H2,1H3;1H. The molecule has 7 nitrogen and oxygen atoms in total. The van der Waals surface area contributed by atoms with E-state index in [1.807, 2.05) is 0 Å². The number of benzene rings is 1. The second kappa shape index (κ2) is 8.68. The van der Waals surface area contributed by atoms with Gasteiger partial charge in [-0.1, -0.05) is 29.4 Å². The normalized spacial score (nSPS) is 16.8. The molecule has 1 aliphatic rings. The number of hydrogen-bond donors (Lipinski definition) is 1. The zero-order valence-corrected chi connectivity index (χ0v) is 15.1. The van der Waals surface area contributed by atoms with Crippen molar-refractivity contribution in [1.29, 1.82) is 0 Å². The van der Waals surface area contributed by atoms with Crippen molar-refractivity contribution in [2.24, 2.45) is 0 Å². The lowest BCUT2D eigenvalue weighted by atomic mass is 10.1. The molecule has 2 aromatic rings. The van der Waals surface area contributed by atoms with Crippen LogP contribution in [0.1, 0.15) is 24.3 Å². The number of aromatic nitrogens is 2. The summed E-state index contributed by atoms with van der Waals surface area (Å²) in [6, 6.07) is 6.20. The second-order valence-electron chi connectivity index (χ2n) is 5.82. The lowest BCUT2D eigenvalue weighted by Gasteiger charge is -2.23. The Hall–Kier alpha value is -2.17. The number of carbonyl (C=O) groups is 1. The lowest BCUT2D eigenvalue weighted by Crippen LogP contribution is -2.42. The Morgan fingerprint density at radius 3 is 2.59 bits per heavy atom. The second-order valence-corrected chi connectivity index (χ2v) is 5.82. The number of hydroxylamine groups is 2. The van der Waals surface area contributed by atoms with Gasteiger partial charge in [0.2, 0.25) is 5.82 Å². The Kier molecular flexibility index (Phi) is 6.79. The first-order chi connectivity index (χ1) is 12.4. The highest BCUT2D eigenvalue weighted by Crippen LogP contribution is 2.29. The molecule has 0 saturated carbocycles. The molecule has 1 aromatic heterocycles. The highest BCUT2D eigenvalue weighted by Gasteiger charge is 2.38. The number of carbonyl (C=O) groups excluding carboxylic acids is 1.